The molecule has 0 bridgehead atoms. The first kappa shape index (κ1) is 20.9. The molecule has 0 atom stereocenters. The summed E-state index contributed by atoms with van der Waals surface area (Å²) in [5.41, 5.74) is 2.62. The fraction of sp³-hybridized carbons (Fsp3) is 0.167. The molecule has 0 spiro atoms. The second-order valence-electron chi connectivity index (χ2n) is 6.67. The highest BCUT2D eigenvalue weighted by molar-refractivity contribution is 5.91. The van der Waals surface area contributed by atoms with Crippen LogP contribution in [0, 0.1) is 6.92 Å². The van der Waals surface area contributed by atoms with Gasteiger partial charge in [-0.15, -0.1) is 0 Å². The Balaban J connectivity index is 1.46. The van der Waals surface area contributed by atoms with E-state index in [0.717, 1.165) is 11.3 Å². The summed E-state index contributed by atoms with van der Waals surface area (Å²) in [7, 11) is 1.35. The van der Waals surface area contributed by atoms with E-state index in [1.807, 2.05) is 31.2 Å². The van der Waals surface area contributed by atoms with E-state index in [0.29, 0.717) is 17.2 Å². The number of carbonyl (C=O) groups is 2. The van der Waals surface area contributed by atoms with Crippen LogP contribution < -0.4 is 14.8 Å². The van der Waals surface area contributed by atoms with Gasteiger partial charge in [0.2, 0.25) is 0 Å². The van der Waals surface area contributed by atoms with E-state index in [-0.39, 0.29) is 24.9 Å². The molecule has 0 saturated carbocycles. The van der Waals surface area contributed by atoms with E-state index in [2.05, 4.69) is 10.1 Å². The van der Waals surface area contributed by atoms with Gasteiger partial charge in [-0.25, -0.2) is 0 Å². The van der Waals surface area contributed by atoms with Gasteiger partial charge >= 0.3 is 5.97 Å². The standard InChI is InChI=1S/C24H23NO5/c1-17-3-9-21(10-4-17)30-22-13-7-19(8-14-22)25-23(26)16-29-20-11-5-18(6-12-20)15-24(27)28-2/h3-14H,15-16H2,1-2H3,(H,25,26). The number of rotatable bonds is 8. The van der Waals surface area contributed by atoms with Crippen molar-refractivity contribution in [3.63, 3.8) is 0 Å². The van der Waals surface area contributed by atoms with Gasteiger partial charge in [0.25, 0.3) is 5.91 Å². The third-order valence-electron chi connectivity index (χ3n) is 4.26. The highest BCUT2D eigenvalue weighted by Gasteiger charge is 2.06. The minimum atomic E-state index is -0.307. The third kappa shape index (κ3) is 6.38. The normalized spacial score (nSPS) is 10.2. The number of benzene rings is 3. The van der Waals surface area contributed by atoms with E-state index < -0.39 is 0 Å². The summed E-state index contributed by atoms with van der Waals surface area (Å²) < 4.78 is 15.9. The fourth-order valence-corrected chi connectivity index (χ4v) is 2.64. The average Bonchev–Trinajstić information content (AvgIpc) is 2.76. The molecule has 0 unspecified atom stereocenters. The Morgan fingerprint density at radius 2 is 1.37 bits per heavy atom. The highest BCUT2D eigenvalue weighted by atomic mass is 16.5. The number of esters is 1. The van der Waals surface area contributed by atoms with Crippen LogP contribution in [-0.2, 0) is 20.7 Å². The van der Waals surface area contributed by atoms with Crippen LogP contribution in [0.15, 0.2) is 72.8 Å². The van der Waals surface area contributed by atoms with Crippen molar-refractivity contribution in [1.82, 2.24) is 0 Å². The zero-order chi connectivity index (χ0) is 21.3. The van der Waals surface area contributed by atoms with Crippen molar-refractivity contribution in [3.05, 3.63) is 83.9 Å². The minimum absolute atomic E-state index is 0.127. The Bertz CT molecular complexity index is 980. The van der Waals surface area contributed by atoms with Crippen LogP contribution in [-0.4, -0.2) is 25.6 Å². The molecule has 3 aromatic rings. The number of amides is 1. The van der Waals surface area contributed by atoms with Crippen molar-refractivity contribution in [3.8, 4) is 17.2 Å². The summed E-state index contributed by atoms with van der Waals surface area (Å²) in [5, 5.41) is 2.78. The van der Waals surface area contributed by atoms with E-state index in [4.69, 9.17) is 9.47 Å². The van der Waals surface area contributed by atoms with Crippen LogP contribution in [0.5, 0.6) is 17.2 Å². The summed E-state index contributed by atoms with van der Waals surface area (Å²) in [6.07, 6.45) is 0.195. The summed E-state index contributed by atoms with van der Waals surface area (Å²) >= 11 is 0. The van der Waals surface area contributed by atoms with Crippen LogP contribution >= 0.6 is 0 Å². The lowest BCUT2D eigenvalue weighted by Crippen LogP contribution is -2.20. The number of ether oxygens (including phenoxy) is 3. The van der Waals surface area contributed by atoms with Gasteiger partial charge in [-0.2, -0.15) is 0 Å². The maximum atomic E-state index is 12.1. The molecule has 6 heteroatoms. The number of methoxy groups -OCH3 is 1. The predicted octanol–water partition coefficient (Wildman–Crippen LogP) is 4.52. The van der Waals surface area contributed by atoms with Gasteiger partial charge < -0.3 is 19.5 Å². The van der Waals surface area contributed by atoms with Crippen LogP contribution in [0.25, 0.3) is 0 Å². The van der Waals surface area contributed by atoms with Gasteiger partial charge in [0, 0.05) is 5.69 Å². The Labute approximate surface area is 175 Å². The van der Waals surface area contributed by atoms with Crippen LogP contribution in [0.4, 0.5) is 5.69 Å². The summed E-state index contributed by atoms with van der Waals surface area (Å²) in [6, 6.07) is 21.8. The van der Waals surface area contributed by atoms with E-state index >= 15 is 0 Å². The molecule has 3 aromatic carbocycles. The van der Waals surface area contributed by atoms with E-state index in [1.54, 1.807) is 48.5 Å². The number of aryl methyl sites for hydroxylation is 1. The zero-order valence-corrected chi connectivity index (χ0v) is 16.9. The van der Waals surface area contributed by atoms with Crippen molar-refractivity contribution in [2.24, 2.45) is 0 Å². The molecule has 1 N–H and O–H groups in total. The molecule has 30 heavy (non-hydrogen) atoms. The van der Waals surface area contributed by atoms with Crippen molar-refractivity contribution < 1.29 is 23.8 Å². The lowest BCUT2D eigenvalue weighted by atomic mass is 10.1. The number of hydrogen-bond acceptors (Lipinski definition) is 5. The highest BCUT2D eigenvalue weighted by Crippen LogP contribution is 2.23. The first-order valence-corrected chi connectivity index (χ1v) is 9.45. The monoisotopic (exact) mass is 405 g/mol. The van der Waals surface area contributed by atoms with E-state index in [1.165, 1.54) is 12.7 Å². The zero-order valence-electron chi connectivity index (χ0n) is 16.9. The number of hydrogen-bond donors (Lipinski definition) is 1. The Hall–Kier alpha value is -3.80. The van der Waals surface area contributed by atoms with Gasteiger partial charge in [-0.3, -0.25) is 9.59 Å². The topological polar surface area (TPSA) is 73.9 Å². The molecule has 0 fully saturated rings. The van der Waals surface area contributed by atoms with E-state index in [9.17, 15) is 9.59 Å². The second kappa shape index (κ2) is 10.1. The third-order valence-corrected chi connectivity index (χ3v) is 4.26. The molecule has 1 amide bonds. The minimum Gasteiger partial charge on any atom is -0.484 e. The van der Waals surface area contributed by atoms with Crippen LogP contribution in [0.1, 0.15) is 11.1 Å². The molecule has 0 saturated heterocycles. The number of anilines is 1. The Kier molecular flexibility index (Phi) is 7.05. The van der Waals surface area contributed by atoms with Gasteiger partial charge in [-0.1, -0.05) is 29.8 Å². The molecule has 0 aromatic heterocycles. The molecule has 0 radical (unpaired) electrons. The lowest BCUT2D eigenvalue weighted by molar-refractivity contribution is -0.139. The molecule has 0 aliphatic carbocycles. The van der Waals surface area contributed by atoms with Gasteiger partial charge in [-0.05, 0) is 61.0 Å². The smallest absolute Gasteiger partial charge is 0.309 e. The molecule has 3 rings (SSSR count). The van der Waals surface area contributed by atoms with Gasteiger partial charge in [0.1, 0.15) is 17.2 Å². The average molecular weight is 405 g/mol. The summed E-state index contributed by atoms with van der Waals surface area (Å²) in [4.78, 5) is 23.4. The molecular formula is C24H23NO5. The Morgan fingerprint density at radius 3 is 1.97 bits per heavy atom. The molecule has 6 nitrogen and oxygen atoms in total. The van der Waals surface area contributed by atoms with Crippen molar-refractivity contribution in [2.75, 3.05) is 19.0 Å². The largest absolute Gasteiger partial charge is 0.484 e. The summed E-state index contributed by atoms with van der Waals surface area (Å²) in [5.74, 6) is 1.39. The lowest BCUT2D eigenvalue weighted by Gasteiger charge is -2.09. The van der Waals surface area contributed by atoms with Gasteiger partial charge in [0.15, 0.2) is 6.61 Å². The van der Waals surface area contributed by atoms with Crippen molar-refractivity contribution in [1.29, 1.82) is 0 Å². The molecule has 0 heterocycles. The number of nitrogens with one attached hydrogen (secondary N) is 1. The first-order chi connectivity index (χ1) is 14.5. The van der Waals surface area contributed by atoms with Crippen LogP contribution in [0.2, 0.25) is 0 Å². The predicted molar refractivity (Wildman–Crippen MR) is 114 cm³/mol. The SMILES string of the molecule is COC(=O)Cc1ccc(OCC(=O)Nc2ccc(Oc3ccc(C)cc3)cc2)cc1. The van der Waals surface area contributed by atoms with Crippen LogP contribution in [0.3, 0.4) is 0 Å². The molecule has 0 aliphatic heterocycles. The maximum Gasteiger partial charge on any atom is 0.309 e. The van der Waals surface area contributed by atoms with Crippen molar-refractivity contribution >= 4 is 17.6 Å². The Morgan fingerprint density at radius 1 is 0.800 bits per heavy atom. The first-order valence-electron chi connectivity index (χ1n) is 9.45. The molecule has 0 aliphatic rings. The summed E-state index contributed by atoms with van der Waals surface area (Å²) in [6.45, 7) is 1.89. The quantitative estimate of drug-likeness (QED) is 0.558. The number of carbonyl (C=O) groups excluding carboxylic acids is 2. The molecule has 154 valence electrons. The molecular weight excluding hydrogens is 382 g/mol. The van der Waals surface area contributed by atoms with Gasteiger partial charge in [0.05, 0.1) is 13.5 Å². The maximum absolute atomic E-state index is 12.1. The van der Waals surface area contributed by atoms with Crippen molar-refractivity contribution in [2.45, 2.75) is 13.3 Å². The fourth-order valence-electron chi connectivity index (χ4n) is 2.64. The second-order valence-corrected chi connectivity index (χ2v) is 6.67.